The summed E-state index contributed by atoms with van der Waals surface area (Å²) in [5.41, 5.74) is 5.20. The van der Waals surface area contributed by atoms with Crippen LogP contribution in [-0.2, 0) is 0 Å². The summed E-state index contributed by atoms with van der Waals surface area (Å²) in [6.07, 6.45) is 6.47. The van der Waals surface area contributed by atoms with E-state index in [1.807, 2.05) is 0 Å². The van der Waals surface area contributed by atoms with Crippen LogP contribution in [0.4, 0.5) is 4.79 Å². The second-order valence-corrected chi connectivity index (χ2v) is 3.27. The van der Waals surface area contributed by atoms with E-state index in [9.17, 15) is 4.79 Å². The van der Waals surface area contributed by atoms with Crippen LogP contribution in [0.15, 0.2) is 12.2 Å². The predicted molar refractivity (Wildman–Crippen MR) is 41.9 cm³/mol. The minimum absolute atomic E-state index is 0.278. The van der Waals surface area contributed by atoms with Crippen LogP contribution >= 0.6 is 0 Å². The highest BCUT2D eigenvalue weighted by Gasteiger charge is 2.31. The van der Waals surface area contributed by atoms with Crippen LogP contribution in [0, 0.1) is 5.92 Å². The van der Waals surface area contributed by atoms with Gasteiger partial charge >= 0.3 is 6.03 Å². The maximum Gasteiger partial charge on any atom is 0.315 e. The van der Waals surface area contributed by atoms with Crippen LogP contribution < -0.4 is 5.73 Å². The van der Waals surface area contributed by atoms with Gasteiger partial charge in [0.1, 0.15) is 0 Å². The highest BCUT2D eigenvalue weighted by molar-refractivity contribution is 5.73. The molecule has 1 aliphatic carbocycles. The quantitative estimate of drug-likeness (QED) is 0.511. The molecule has 60 valence electrons. The summed E-state index contributed by atoms with van der Waals surface area (Å²) in [6, 6.07) is 0.0197. The van der Waals surface area contributed by atoms with Gasteiger partial charge in [0.15, 0.2) is 0 Å². The van der Waals surface area contributed by atoms with E-state index in [0.29, 0.717) is 12.0 Å². The molecule has 0 aromatic heterocycles. The highest BCUT2D eigenvalue weighted by Crippen LogP contribution is 2.30. The number of nitrogens with zero attached hydrogens (tertiary/aromatic N) is 1. The van der Waals surface area contributed by atoms with Gasteiger partial charge in [-0.2, -0.15) is 0 Å². The van der Waals surface area contributed by atoms with Crippen molar-refractivity contribution in [1.29, 1.82) is 0 Å². The Hall–Kier alpha value is -0.990. The molecule has 0 saturated carbocycles. The molecular weight excluding hydrogens is 140 g/mol. The Kier molecular flexibility index (Phi) is 1.37. The van der Waals surface area contributed by atoms with Crippen molar-refractivity contribution in [2.24, 2.45) is 11.7 Å². The van der Waals surface area contributed by atoms with Gasteiger partial charge in [0, 0.05) is 6.54 Å². The lowest BCUT2D eigenvalue weighted by Crippen LogP contribution is -2.45. The van der Waals surface area contributed by atoms with Crippen molar-refractivity contribution in [3.05, 3.63) is 12.2 Å². The number of carbonyl (C=O) groups excluding carboxylic acids is 1. The fraction of sp³-hybridized carbons (Fsp3) is 0.625. The molecule has 2 aliphatic rings. The van der Waals surface area contributed by atoms with Crippen LogP contribution in [0.3, 0.4) is 0 Å². The zero-order valence-electron chi connectivity index (χ0n) is 6.36. The largest absolute Gasteiger partial charge is 0.351 e. The lowest BCUT2D eigenvalue weighted by Gasteiger charge is -2.31. The van der Waals surface area contributed by atoms with Crippen LogP contribution in [0.25, 0.3) is 0 Å². The third-order valence-electron chi connectivity index (χ3n) is 2.57. The molecule has 3 heteroatoms. The van der Waals surface area contributed by atoms with E-state index in [0.717, 1.165) is 19.4 Å². The molecule has 1 fully saturated rings. The summed E-state index contributed by atoms with van der Waals surface area (Å²) in [5.74, 6) is 0.704. The van der Waals surface area contributed by atoms with E-state index < -0.39 is 0 Å². The van der Waals surface area contributed by atoms with Gasteiger partial charge in [-0.1, -0.05) is 12.2 Å². The SMILES string of the molecule is NC(=O)N1CCC2C=CC1C2. The van der Waals surface area contributed by atoms with Crippen LogP contribution in [-0.4, -0.2) is 23.5 Å². The summed E-state index contributed by atoms with van der Waals surface area (Å²) in [6.45, 7) is 0.831. The fourth-order valence-electron chi connectivity index (χ4n) is 1.94. The number of likely N-dealkylation sites (tertiary alicyclic amines) is 1. The third kappa shape index (κ3) is 1.00. The molecule has 3 nitrogen and oxygen atoms in total. The summed E-state index contributed by atoms with van der Waals surface area (Å²) in [5, 5.41) is 0. The zero-order chi connectivity index (χ0) is 7.84. The van der Waals surface area contributed by atoms with Gasteiger partial charge in [-0.3, -0.25) is 0 Å². The molecule has 2 bridgehead atoms. The highest BCUT2D eigenvalue weighted by atomic mass is 16.2. The number of nitrogens with two attached hydrogens (primary N) is 1. The molecule has 1 saturated heterocycles. The Morgan fingerprint density at radius 1 is 1.55 bits per heavy atom. The van der Waals surface area contributed by atoms with E-state index >= 15 is 0 Å². The van der Waals surface area contributed by atoms with E-state index in [-0.39, 0.29) is 6.03 Å². The molecule has 2 amide bonds. The van der Waals surface area contributed by atoms with E-state index in [1.54, 1.807) is 4.90 Å². The number of piperidine rings is 1. The Morgan fingerprint density at radius 3 is 3.09 bits per heavy atom. The van der Waals surface area contributed by atoms with Gasteiger partial charge in [0.05, 0.1) is 6.04 Å². The van der Waals surface area contributed by atoms with Crippen molar-refractivity contribution in [3.63, 3.8) is 0 Å². The molecule has 0 aromatic carbocycles. The average Bonchev–Trinajstić information content (AvgIpc) is 2.32. The van der Waals surface area contributed by atoms with Gasteiger partial charge in [-0.25, -0.2) is 4.79 Å². The number of carbonyl (C=O) groups is 1. The van der Waals surface area contributed by atoms with Crippen LogP contribution in [0.2, 0.25) is 0 Å². The fourth-order valence-corrected chi connectivity index (χ4v) is 1.94. The standard InChI is InChI=1S/C8H12N2O/c9-8(11)10-4-3-6-1-2-7(10)5-6/h1-2,6-7H,3-5H2,(H2,9,11). The zero-order valence-corrected chi connectivity index (χ0v) is 6.36. The molecule has 0 aromatic rings. The van der Waals surface area contributed by atoms with E-state index in [4.69, 9.17) is 5.73 Å². The van der Waals surface area contributed by atoms with Crippen molar-refractivity contribution in [1.82, 2.24) is 4.90 Å². The summed E-state index contributed by atoms with van der Waals surface area (Å²) in [4.78, 5) is 12.6. The number of allylic oxidation sites excluding steroid dienone is 1. The minimum atomic E-state index is -0.278. The van der Waals surface area contributed by atoms with E-state index in [2.05, 4.69) is 12.2 Å². The lowest BCUT2D eigenvalue weighted by molar-refractivity contribution is 0.172. The molecule has 0 radical (unpaired) electrons. The first-order valence-corrected chi connectivity index (χ1v) is 4.02. The number of amides is 2. The van der Waals surface area contributed by atoms with Gasteiger partial charge in [-0.05, 0) is 18.8 Å². The first-order chi connectivity index (χ1) is 5.27. The molecule has 2 rings (SSSR count). The normalized spacial score (nSPS) is 34.4. The summed E-state index contributed by atoms with van der Waals surface area (Å²) >= 11 is 0. The maximum atomic E-state index is 10.9. The average molecular weight is 152 g/mol. The molecule has 11 heavy (non-hydrogen) atoms. The van der Waals surface area contributed by atoms with Crippen LogP contribution in [0.1, 0.15) is 12.8 Å². The van der Waals surface area contributed by atoms with Crippen molar-refractivity contribution in [3.8, 4) is 0 Å². The molecule has 2 unspecified atom stereocenters. The Bertz CT molecular complexity index is 212. The molecule has 1 aliphatic heterocycles. The summed E-state index contributed by atoms with van der Waals surface area (Å²) < 4.78 is 0. The van der Waals surface area contributed by atoms with Crippen molar-refractivity contribution in [2.45, 2.75) is 18.9 Å². The maximum absolute atomic E-state index is 10.9. The predicted octanol–water partition coefficient (Wildman–Crippen LogP) is 0.716. The Labute approximate surface area is 65.9 Å². The number of hydrogen-bond donors (Lipinski definition) is 1. The Morgan fingerprint density at radius 2 is 2.36 bits per heavy atom. The minimum Gasteiger partial charge on any atom is -0.351 e. The Balaban J connectivity index is 2.13. The second-order valence-electron chi connectivity index (χ2n) is 3.27. The topological polar surface area (TPSA) is 46.3 Å². The monoisotopic (exact) mass is 152 g/mol. The number of rotatable bonds is 0. The first kappa shape index (κ1) is 6.70. The smallest absolute Gasteiger partial charge is 0.315 e. The molecule has 0 spiro atoms. The molecule has 2 N–H and O–H groups in total. The third-order valence-corrected chi connectivity index (χ3v) is 2.57. The van der Waals surface area contributed by atoms with Crippen molar-refractivity contribution in [2.75, 3.05) is 6.54 Å². The first-order valence-electron chi connectivity index (χ1n) is 4.02. The number of fused-ring (bicyclic) bond motifs is 2. The van der Waals surface area contributed by atoms with E-state index in [1.165, 1.54) is 0 Å². The second kappa shape index (κ2) is 2.26. The summed E-state index contributed by atoms with van der Waals surface area (Å²) in [7, 11) is 0. The van der Waals surface area contributed by atoms with Gasteiger partial charge in [0.25, 0.3) is 0 Å². The van der Waals surface area contributed by atoms with Crippen molar-refractivity contribution < 1.29 is 4.79 Å². The van der Waals surface area contributed by atoms with Gasteiger partial charge in [-0.15, -0.1) is 0 Å². The molecule has 2 atom stereocenters. The van der Waals surface area contributed by atoms with Crippen molar-refractivity contribution >= 4 is 6.03 Å². The lowest BCUT2D eigenvalue weighted by atomic mass is 9.99. The molecule has 1 heterocycles. The van der Waals surface area contributed by atoms with Gasteiger partial charge in [0.2, 0.25) is 0 Å². The molecular formula is C8H12N2O. The number of primary amides is 1. The van der Waals surface area contributed by atoms with Gasteiger partial charge < -0.3 is 10.6 Å². The van der Waals surface area contributed by atoms with Crippen LogP contribution in [0.5, 0.6) is 0 Å². The number of urea groups is 1. The number of hydrogen-bond acceptors (Lipinski definition) is 1.